The Balaban J connectivity index is 1.94. The molecule has 0 spiro atoms. The van der Waals surface area contributed by atoms with Crippen LogP contribution in [0.5, 0.6) is 0 Å². The van der Waals surface area contributed by atoms with Crippen LogP contribution in [0.1, 0.15) is 22.8 Å². The molecule has 162 valence electrons. The fourth-order valence-corrected chi connectivity index (χ4v) is 3.73. The van der Waals surface area contributed by atoms with Crippen LogP contribution in [-0.4, -0.2) is 59.5 Å². The molecular weight excluding hydrogens is 406 g/mol. The average molecular weight is 434 g/mol. The standard InChI is InChI=1S/C21H27N3O5S/c1-5-22-30(27,28)19-8-6-7-17(13-19)21(26)29-15-20(25)24(4)14-16-9-11-18(12-10-16)23(2)3/h6-13,22H,5,14-15H2,1-4H3. The number of carbonyl (C=O) groups excluding carboxylic acids is 2. The summed E-state index contributed by atoms with van der Waals surface area (Å²) < 4.78 is 31.6. The normalized spacial score (nSPS) is 11.1. The molecule has 1 amide bonds. The molecular formula is C21H27N3O5S. The van der Waals surface area contributed by atoms with Crippen LogP contribution in [-0.2, 0) is 26.1 Å². The summed E-state index contributed by atoms with van der Waals surface area (Å²) in [7, 11) is 1.83. The Labute approximate surface area is 177 Å². The number of ether oxygens (including phenoxy) is 1. The zero-order valence-corrected chi connectivity index (χ0v) is 18.4. The highest BCUT2D eigenvalue weighted by atomic mass is 32.2. The maximum atomic E-state index is 12.3. The van der Waals surface area contributed by atoms with Gasteiger partial charge in [-0.2, -0.15) is 0 Å². The quantitative estimate of drug-likeness (QED) is 0.607. The Bertz CT molecular complexity index is 988. The number of anilines is 1. The minimum absolute atomic E-state index is 0.0385. The minimum atomic E-state index is -3.69. The molecule has 9 heteroatoms. The Hall–Kier alpha value is -2.91. The van der Waals surface area contributed by atoms with Crippen molar-refractivity contribution < 1.29 is 22.7 Å². The number of rotatable bonds is 9. The molecule has 0 radical (unpaired) electrons. The second-order valence-corrected chi connectivity index (χ2v) is 8.68. The zero-order chi connectivity index (χ0) is 22.3. The van der Waals surface area contributed by atoms with Crippen LogP contribution in [0.3, 0.4) is 0 Å². The van der Waals surface area contributed by atoms with Crippen molar-refractivity contribution in [2.24, 2.45) is 0 Å². The second kappa shape index (κ2) is 10.2. The number of nitrogens with zero attached hydrogens (tertiary/aromatic N) is 2. The van der Waals surface area contributed by atoms with Crippen LogP contribution in [0.15, 0.2) is 53.4 Å². The largest absolute Gasteiger partial charge is 0.452 e. The van der Waals surface area contributed by atoms with Crippen LogP contribution >= 0.6 is 0 Å². The number of esters is 1. The highest BCUT2D eigenvalue weighted by Gasteiger charge is 2.18. The second-order valence-electron chi connectivity index (χ2n) is 6.92. The van der Waals surface area contributed by atoms with Crippen LogP contribution in [0.2, 0.25) is 0 Å². The van der Waals surface area contributed by atoms with Crippen LogP contribution in [0.4, 0.5) is 5.69 Å². The molecule has 2 aromatic carbocycles. The predicted octanol–water partition coefficient (Wildman–Crippen LogP) is 1.87. The van der Waals surface area contributed by atoms with Gasteiger partial charge in [0.2, 0.25) is 10.0 Å². The number of carbonyl (C=O) groups is 2. The summed E-state index contributed by atoms with van der Waals surface area (Å²) in [6.45, 7) is 1.83. The molecule has 0 bridgehead atoms. The molecule has 0 aliphatic rings. The molecule has 0 saturated heterocycles. The van der Waals surface area contributed by atoms with Gasteiger partial charge in [0, 0.05) is 39.9 Å². The lowest BCUT2D eigenvalue weighted by Gasteiger charge is -2.18. The van der Waals surface area contributed by atoms with E-state index in [2.05, 4.69) is 4.72 Å². The van der Waals surface area contributed by atoms with E-state index in [-0.39, 0.29) is 22.9 Å². The summed E-state index contributed by atoms with van der Waals surface area (Å²) in [5.41, 5.74) is 2.06. The number of amides is 1. The van der Waals surface area contributed by atoms with E-state index >= 15 is 0 Å². The molecule has 0 aliphatic carbocycles. The monoisotopic (exact) mass is 433 g/mol. The Kier molecular flexibility index (Phi) is 7.96. The summed E-state index contributed by atoms with van der Waals surface area (Å²) in [6, 6.07) is 13.3. The topological polar surface area (TPSA) is 96.0 Å². The van der Waals surface area contributed by atoms with Crippen molar-refractivity contribution >= 4 is 27.6 Å². The van der Waals surface area contributed by atoms with Crippen molar-refractivity contribution in [3.8, 4) is 0 Å². The SMILES string of the molecule is CCNS(=O)(=O)c1cccc(C(=O)OCC(=O)N(C)Cc2ccc(N(C)C)cc2)c1. The van der Waals surface area contributed by atoms with E-state index in [1.807, 2.05) is 43.3 Å². The third-order valence-corrected chi connectivity index (χ3v) is 5.88. The molecule has 0 aromatic heterocycles. The lowest BCUT2D eigenvalue weighted by molar-refractivity contribution is -0.133. The van der Waals surface area contributed by atoms with Gasteiger partial charge in [-0.3, -0.25) is 4.79 Å². The fraction of sp³-hybridized carbons (Fsp3) is 0.333. The number of hydrogen-bond donors (Lipinski definition) is 1. The first-order valence-corrected chi connectivity index (χ1v) is 10.9. The lowest BCUT2D eigenvalue weighted by atomic mass is 10.2. The van der Waals surface area contributed by atoms with Gasteiger partial charge in [-0.15, -0.1) is 0 Å². The van der Waals surface area contributed by atoms with Crippen LogP contribution in [0.25, 0.3) is 0 Å². The Morgan fingerprint density at radius 3 is 2.30 bits per heavy atom. The van der Waals surface area contributed by atoms with Gasteiger partial charge in [-0.1, -0.05) is 25.1 Å². The Morgan fingerprint density at radius 1 is 1.03 bits per heavy atom. The fourth-order valence-electron chi connectivity index (χ4n) is 2.65. The minimum Gasteiger partial charge on any atom is -0.452 e. The molecule has 0 fully saturated rings. The maximum absolute atomic E-state index is 12.3. The van der Waals surface area contributed by atoms with Crippen LogP contribution < -0.4 is 9.62 Å². The van der Waals surface area contributed by atoms with Crippen molar-refractivity contribution in [1.29, 1.82) is 0 Å². The van der Waals surface area contributed by atoms with Crippen molar-refractivity contribution in [1.82, 2.24) is 9.62 Å². The van der Waals surface area contributed by atoms with E-state index in [0.717, 1.165) is 11.3 Å². The van der Waals surface area contributed by atoms with Gasteiger partial charge in [-0.05, 0) is 35.9 Å². The molecule has 0 atom stereocenters. The van der Waals surface area contributed by atoms with Crippen molar-refractivity contribution in [2.45, 2.75) is 18.4 Å². The first-order valence-electron chi connectivity index (χ1n) is 9.41. The number of likely N-dealkylation sites (N-methyl/N-ethyl adjacent to an activating group) is 1. The van der Waals surface area contributed by atoms with Gasteiger partial charge >= 0.3 is 5.97 Å². The summed E-state index contributed by atoms with van der Waals surface area (Å²) in [5, 5.41) is 0. The molecule has 0 aliphatic heterocycles. The van der Waals surface area contributed by atoms with Gasteiger partial charge in [-0.25, -0.2) is 17.9 Å². The van der Waals surface area contributed by atoms with Crippen molar-refractivity contribution in [3.05, 3.63) is 59.7 Å². The number of nitrogens with one attached hydrogen (secondary N) is 1. The molecule has 0 saturated carbocycles. The smallest absolute Gasteiger partial charge is 0.338 e. The predicted molar refractivity (Wildman–Crippen MR) is 115 cm³/mol. The van der Waals surface area contributed by atoms with Gasteiger partial charge < -0.3 is 14.5 Å². The molecule has 0 heterocycles. The molecule has 2 aromatic rings. The van der Waals surface area contributed by atoms with E-state index in [4.69, 9.17) is 4.74 Å². The number of hydrogen-bond acceptors (Lipinski definition) is 6. The summed E-state index contributed by atoms with van der Waals surface area (Å²) >= 11 is 0. The third kappa shape index (κ3) is 6.30. The lowest BCUT2D eigenvalue weighted by Crippen LogP contribution is -2.31. The van der Waals surface area contributed by atoms with Crippen molar-refractivity contribution in [3.63, 3.8) is 0 Å². The van der Waals surface area contributed by atoms with Gasteiger partial charge in [0.05, 0.1) is 10.5 Å². The summed E-state index contributed by atoms with van der Waals surface area (Å²) in [6.07, 6.45) is 0. The van der Waals surface area contributed by atoms with E-state index < -0.39 is 22.6 Å². The van der Waals surface area contributed by atoms with Crippen molar-refractivity contribution in [2.75, 3.05) is 39.2 Å². The zero-order valence-electron chi connectivity index (χ0n) is 17.6. The van der Waals surface area contributed by atoms with E-state index in [1.165, 1.54) is 29.2 Å². The van der Waals surface area contributed by atoms with E-state index in [9.17, 15) is 18.0 Å². The highest BCUT2D eigenvalue weighted by molar-refractivity contribution is 7.89. The summed E-state index contributed by atoms with van der Waals surface area (Å²) in [5.74, 6) is -1.13. The summed E-state index contributed by atoms with van der Waals surface area (Å²) in [4.78, 5) is 28.0. The maximum Gasteiger partial charge on any atom is 0.338 e. The Morgan fingerprint density at radius 2 is 1.70 bits per heavy atom. The molecule has 2 rings (SSSR count). The molecule has 8 nitrogen and oxygen atoms in total. The number of benzene rings is 2. The van der Waals surface area contributed by atoms with Gasteiger partial charge in [0.25, 0.3) is 5.91 Å². The molecule has 0 unspecified atom stereocenters. The first-order chi connectivity index (χ1) is 14.1. The average Bonchev–Trinajstić information content (AvgIpc) is 2.72. The molecule has 30 heavy (non-hydrogen) atoms. The van der Waals surface area contributed by atoms with E-state index in [0.29, 0.717) is 6.54 Å². The van der Waals surface area contributed by atoms with Crippen LogP contribution in [0, 0.1) is 0 Å². The third-order valence-electron chi connectivity index (χ3n) is 4.34. The highest BCUT2D eigenvalue weighted by Crippen LogP contribution is 2.14. The van der Waals surface area contributed by atoms with Gasteiger partial charge in [0.1, 0.15) is 0 Å². The number of sulfonamides is 1. The molecule has 1 N–H and O–H groups in total. The first kappa shape index (κ1) is 23.4. The van der Waals surface area contributed by atoms with Gasteiger partial charge in [0.15, 0.2) is 6.61 Å². The van der Waals surface area contributed by atoms with E-state index in [1.54, 1.807) is 14.0 Å².